The van der Waals surface area contributed by atoms with Gasteiger partial charge in [-0.25, -0.2) is 4.98 Å². The van der Waals surface area contributed by atoms with Crippen LogP contribution in [0.15, 0.2) is 0 Å². The number of amides is 1. The summed E-state index contributed by atoms with van der Waals surface area (Å²) in [4.78, 5) is 20.1. The Morgan fingerprint density at radius 1 is 1.48 bits per heavy atom. The minimum Gasteiger partial charge on any atom is -0.396 e. The number of aliphatic hydroxyl groups excluding tert-OH is 1. The fourth-order valence-electron chi connectivity index (χ4n) is 3.41. The summed E-state index contributed by atoms with van der Waals surface area (Å²) in [6.07, 6.45) is 4.19. The Bertz CT molecular complexity index is 532. The molecule has 0 spiro atoms. The molecule has 1 saturated heterocycles. The fraction of sp³-hybridized carbons (Fsp3) is 0.765. The zero-order valence-electron chi connectivity index (χ0n) is 14.4. The van der Waals surface area contributed by atoms with Gasteiger partial charge in [0.2, 0.25) is 5.91 Å². The highest BCUT2D eigenvalue weighted by Crippen LogP contribution is 2.34. The number of carbonyl (C=O) groups excluding carboxylic acids is 1. The number of piperidine rings is 1. The third-order valence-corrected chi connectivity index (χ3v) is 5.79. The van der Waals surface area contributed by atoms with E-state index in [4.69, 9.17) is 4.74 Å². The van der Waals surface area contributed by atoms with Gasteiger partial charge in [0.05, 0.1) is 23.7 Å². The summed E-state index contributed by atoms with van der Waals surface area (Å²) >= 11 is 1.60. The maximum Gasteiger partial charge on any atom is 0.227 e. The van der Waals surface area contributed by atoms with Gasteiger partial charge < -0.3 is 14.7 Å². The van der Waals surface area contributed by atoms with Gasteiger partial charge in [0.1, 0.15) is 0 Å². The molecule has 2 rings (SSSR count). The lowest BCUT2D eigenvalue weighted by atomic mass is 9.77. The second-order valence-electron chi connectivity index (χ2n) is 6.59. The van der Waals surface area contributed by atoms with Crippen molar-refractivity contribution in [1.29, 1.82) is 0 Å². The van der Waals surface area contributed by atoms with Crippen molar-refractivity contribution in [2.24, 2.45) is 5.41 Å². The first kappa shape index (κ1) is 18.4. The minimum absolute atomic E-state index is 0.138. The van der Waals surface area contributed by atoms with Gasteiger partial charge in [-0.3, -0.25) is 4.79 Å². The van der Waals surface area contributed by atoms with Crippen LogP contribution in [0.3, 0.4) is 0 Å². The average molecular weight is 340 g/mol. The molecule has 130 valence electrons. The zero-order chi connectivity index (χ0) is 16.9. The SMILES string of the molecule is COCCC[C@]1(CO)CCCN(C(=O)Cc2sc(C)nc2C)C1. The molecule has 5 nitrogen and oxygen atoms in total. The predicted octanol–water partition coefficient (Wildman–Crippen LogP) is 2.33. The first-order valence-corrected chi connectivity index (χ1v) is 9.12. The summed E-state index contributed by atoms with van der Waals surface area (Å²) in [5, 5.41) is 10.9. The molecule has 1 amide bonds. The molecular weight excluding hydrogens is 312 g/mol. The lowest BCUT2D eigenvalue weighted by Crippen LogP contribution is -2.48. The molecule has 0 aromatic carbocycles. The molecule has 0 bridgehead atoms. The molecule has 1 aliphatic rings. The Labute approximate surface area is 142 Å². The second-order valence-corrected chi connectivity index (χ2v) is 7.88. The number of ether oxygens (including phenoxy) is 1. The van der Waals surface area contributed by atoms with Gasteiger partial charge in [0.25, 0.3) is 0 Å². The van der Waals surface area contributed by atoms with Crippen LogP contribution < -0.4 is 0 Å². The first-order valence-electron chi connectivity index (χ1n) is 8.30. The molecule has 0 unspecified atom stereocenters. The summed E-state index contributed by atoms with van der Waals surface area (Å²) in [5.41, 5.74) is 0.803. The third kappa shape index (κ3) is 4.75. The Balaban J connectivity index is 1.98. The molecular formula is C17H28N2O3S. The number of hydrogen-bond donors (Lipinski definition) is 1. The molecule has 1 aromatic rings. The van der Waals surface area contributed by atoms with Crippen LogP contribution in [-0.4, -0.2) is 54.3 Å². The summed E-state index contributed by atoms with van der Waals surface area (Å²) < 4.78 is 5.12. The van der Waals surface area contributed by atoms with Crippen LogP contribution in [0, 0.1) is 19.3 Å². The largest absolute Gasteiger partial charge is 0.396 e. The van der Waals surface area contributed by atoms with Crippen LogP contribution in [0.2, 0.25) is 0 Å². The van der Waals surface area contributed by atoms with Gasteiger partial charge in [-0.15, -0.1) is 11.3 Å². The highest BCUT2D eigenvalue weighted by Gasteiger charge is 2.36. The number of nitrogens with zero attached hydrogens (tertiary/aromatic N) is 2. The van der Waals surface area contributed by atoms with Crippen molar-refractivity contribution in [1.82, 2.24) is 9.88 Å². The number of thiazole rings is 1. The van der Waals surface area contributed by atoms with Crippen LogP contribution >= 0.6 is 11.3 Å². The average Bonchev–Trinajstić information content (AvgIpc) is 2.85. The van der Waals surface area contributed by atoms with Crippen LogP contribution in [0.5, 0.6) is 0 Å². The van der Waals surface area contributed by atoms with Crippen molar-refractivity contribution in [2.45, 2.75) is 46.0 Å². The van der Waals surface area contributed by atoms with Gasteiger partial charge in [-0.05, 0) is 39.5 Å². The van der Waals surface area contributed by atoms with Gasteiger partial charge in [-0.2, -0.15) is 0 Å². The molecule has 0 radical (unpaired) electrons. The quantitative estimate of drug-likeness (QED) is 0.774. The van der Waals surface area contributed by atoms with Gasteiger partial charge >= 0.3 is 0 Å². The van der Waals surface area contributed by atoms with E-state index >= 15 is 0 Å². The van der Waals surface area contributed by atoms with Crippen molar-refractivity contribution in [3.8, 4) is 0 Å². The topological polar surface area (TPSA) is 62.7 Å². The number of rotatable bonds is 7. The van der Waals surface area contributed by atoms with Crippen molar-refractivity contribution in [3.05, 3.63) is 15.6 Å². The van der Waals surface area contributed by atoms with E-state index in [1.54, 1.807) is 18.4 Å². The Hall–Kier alpha value is -0.980. The molecule has 1 aromatic heterocycles. The number of aliphatic hydroxyl groups is 1. The fourth-order valence-corrected chi connectivity index (χ4v) is 4.34. The van der Waals surface area contributed by atoms with Crippen molar-refractivity contribution in [2.75, 3.05) is 33.4 Å². The number of likely N-dealkylation sites (tertiary alicyclic amines) is 1. The van der Waals surface area contributed by atoms with E-state index in [2.05, 4.69) is 4.98 Å². The smallest absolute Gasteiger partial charge is 0.227 e. The second kappa shape index (κ2) is 8.22. The summed E-state index contributed by atoms with van der Waals surface area (Å²) in [6, 6.07) is 0. The van der Waals surface area contributed by atoms with Gasteiger partial charge in [0, 0.05) is 37.1 Å². The first-order chi connectivity index (χ1) is 11.0. The van der Waals surface area contributed by atoms with E-state index in [1.807, 2.05) is 18.7 Å². The van der Waals surface area contributed by atoms with E-state index in [9.17, 15) is 9.90 Å². The number of methoxy groups -OCH3 is 1. The number of aryl methyl sites for hydroxylation is 2. The van der Waals surface area contributed by atoms with E-state index in [0.29, 0.717) is 19.6 Å². The standard InChI is InChI=1S/C17H28N2O3S/c1-13-15(23-14(2)18-13)10-16(21)19-8-4-6-17(11-19,12-20)7-5-9-22-3/h20H,4-12H2,1-3H3/t17-/m1/s1. The van der Waals surface area contributed by atoms with Crippen LogP contribution in [0.25, 0.3) is 0 Å². The lowest BCUT2D eigenvalue weighted by Gasteiger charge is -2.42. The molecule has 0 saturated carbocycles. The lowest BCUT2D eigenvalue weighted by molar-refractivity contribution is -0.135. The summed E-state index contributed by atoms with van der Waals surface area (Å²) in [7, 11) is 1.70. The highest BCUT2D eigenvalue weighted by atomic mass is 32.1. The molecule has 1 fully saturated rings. The van der Waals surface area contributed by atoms with Crippen LogP contribution in [0.4, 0.5) is 0 Å². The third-order valence-electron chi connectivity index (χ3n) is 4.72. The van der Waals surface area contributed by atoms with E-state index in [-0.39, 0.29) is 17.9 Å². The van der Waals surface area contributed by atoms with Gasteiger partial charge in [-0.1, -0.05) is 0 Å². The van der Waals surface area contributed by atoms with Crippen molar-refractivity contribution >= 4 is 17.2 Å². The molecule has 1 atom stereocenters. The molecule has 1 aliphatic heterocycles. The monoisotopic (exact) mass is 340 g/mol. The van der Waals surface area contributed by atoms with Crippen molar-refractivity contribution in [3.63, 3.8) is 0 Å². The van der Waals surface area contributed by atoms with Crippen molar-refractivity contribution < 1.29 is 14.6 Å². The highest BCUT2D eigenvalue weighted by molar-refractivity contribution is 7.11. The number of hydrogen-bond acceptors (Lipinski definition) is 5. The van der Waals surface area contributed by atoms with E-state index in [0.717, 1.165) is 47.8 Å². The van der Waals surface area contributed by atoms with E-state index < -0.39 is 0 Å². The van der Waals surface area contributed by atoms with Crippen LogP contribution in [0.1, 0.15) is 41.3 Å². The summed E-state index contributed by atoms with van der Waals surface area (Å²) in [6.45, 7) is 6.23. The molecule has 6 heteroatoms. The Kier molecular flexibility index (Phi) is 6.56. The van der Waals surface area contributed by atoms with Gasteiger partial charge in [0.15, 0.2) is 0 Å². The molecule has 23 heavy (non-hydrogen) atoms. The number of aromatic nitrogens is 1. The normalized spacial score (nSPS) is 21.7. The maximum atomic E-state index is 12.7. The molecule has 2 heterocycles. The Morgan fingerprint density at radius 2 is 2.26 bits per heavy atom. The minimum atomic E-state index is -0.162. The zero-order valence-corrected chi connectivity index (χ0v) is 15.2. The predicted molar refractivity (Wildman–Crippen MR) is 91.7 cm³/mol. The number of carbonyl (C=O) groups is 1. The van der Waals surface area contributed by atoms with Crippen LogP contribution in [-0.2, 0) is 16.0 Å². The van der Waals surface area contributed by atoms with E-state index in [1.165, 1.54) is 0 Å². The maximum absolute atomic E-state index is 12.7. The summed E-state index contributed by atoms with van der Waals surface area (Å²) in [5.74, 6) is 0.154. The molecule has 1 N–H and O–H groups in total. The molecule has 0 aliphatic carbocycles. The Morgan fingerprint density at radius 3 is 2.87 bits per heavy atom.